The lowest BCUT2D eigenvalue weighted by molar-refractivity contribution is 0.346. The van der Waals surface area contributed by atoms with Gasteiger partial charge in [0.15, 0.2) is 0 Å². The van der Waals surface area contributed by atoms with Crippen LogP contribution in [0.1, 0.15) is 12.5 Å². The molecule has 0 bridgehead atoms. The molecule has 8 nitrogen and oxygen atoms in total. The molecule has 0 fully saturated rings. The maximum atomic E-state index is 11.8. The second kappa shape index (κ2) is 9.40. The topological polar surface area (TPSA) is 113 Å². The van der Waals surface area contributed by atoms with E-state index in [9.17, 15) is 8.42 Å². The van der Waals surface area contributed by atoms with Gasteiger partial charge in [0, 0.05) is 29.0 Å². The first-order valence-corrected chi connectivity index (χ1v) is 11.1. The zero-order valence-corrected chi connectivity index (χ0v) is 18.2. The molecule has 0 amide bonds. The van der Waals surface area contributed by atoms with Gasteiger partial charge in [-0.05, 0) is 55.6 Å². The van der Waals surface area contributed by atoms with Crippen molar-refractivity contribution in [3.63, 3.8) is 0 Å². The lowest BCUT2D eigenvalue weighted by atomic mass is 10.1. The van der Waals surface area contributed by atoms with Gasteiger partial charge in [-0.3, -0.25) is 0 Å². The van der Waals surface area contributed by atoms with Crippen LogP contribution in [0.5, 0.6) is 0 Å². The number of anilines is 4. The average Bonchev–Trinajstić information content (AvgIpc) is 2.70. The largest absolute Gasteiger partial charge is 0.340 e. The molecule has 0 spiro atoms. The highest BCUT2D eigenvalue weighted by molar-refractivity contribution is 7.89. The summed E-state index contributed by atoms with van der Waals surface area (Å²) in [6.07, 6.45) is 1.42. The fraction of sp³-hybridized carbons (Fsp3) is 0.200. The third-order valence-corrected chi connectivity index (χ3v) is 5.60. The van der Waals surface area contributed by atoms with Gasteiger partial charge >= 0.3 is 0 Å². The summed E-state index contributed by atoms with van der Waals surface area (Å²) in [5.41, 5.74) is 2.35. The van der Waals surface area contributed by atoms with Crippen molar-refractivity contribution in [2.45, 2.75) is 18.4 Å². The van der Waals surface area contributed by atoms with Crippen molar-refractivity contribution < 1.29 is 8.42 Å². The molecule has 158 valence electrons. The van der Waals surface area contributed by atoms with E-state index in [0.29, 0.717) is 28.9 Å². The lowest BCUT2D eigenvalue weighted by Gasteiger charge is -2.18. The van der Waals surface area contributed by atoms with Crippen LogP contribution in [0, 0.1) is 0 Å². The minimum atomic E-state index is -3.83. The molecule has 4 N–H and O–H groups in total. The van der Waals surface area contributed by atoms with Crippen LogP contribution in [-0.2, 0) is 16.6 Å². The molecule has 0 saturated heterocycles. The summed E-state index contributed by atoms with van der Waals surface area (Å²) >= 11 is 5.92. The Bertz CT molecular complexity index is 1120. The van der Waals surface area contributed by atoms with E-state index in [0.717, 1.165) is 17.8 Å². The van der Waals surface area contributed by atoms with Crippen molar-refractivity contribution in [3.05, 3.63) is 65.4 Å². The molecule has 3 aromatic rings. The summed E-state index contributed by atoms with van der Waals surface area (Å²) in [6, 6.07) is 13.7. The number of nitrogens with zero attached hydrogens (tertiary/aromatic N) is 3. The highest BCUT2D eigenvalue weighted by atomic mass is 35.5. The van der Waals surface area contributed by atoms with E-state index in [1.165, 1.54) is 18.5 Å². The first-order chi connectivity index (χ1) is 14.2. The van der Waals surface area contributed by atoms with E-state index >= 15 is 0 Å². The fourth-order valence-corrected chi connectivity index (χ4v) is 3.37. The standard InChI is InChI=1S/C20H23ClN6O2S/c1-3-27(2)12-14-4-9-17(30(22,28)29)10-18(14)26-20-11-19(23-13-24-20)25-16-7-5-15(21)6-8-16/h4-11,13H,3,12H2,1-2H3,(H2,22,28,29)(H2,23,24,25,26). The smallest absolute Gasteiger partial charge is 0.238 e. The number of sulfonamides is 1. The number of primary sulfonamides is 1. The molecule has 2 aromatic carbocycles. The molecule has 1 heterocycles. The van der Waals surface area contributed by atoms with Crippen LogP contribution in [0.2, 0.25) is 5.02 Å². The molecule has 0 aliphatic rings. The summed E-state index contributed by atoms with van der Waals surface area (Å²) in [5, 5.41) is 12.3. The van der Waals surface area contributed by atoms with Crippen LogP contribution in [0.3, 0.4) is 0 Å². The zero-order chi connectivity index (χ0) is 21.7. The molecule has 30 heavy (non-hydrogen) atoms. The summed E-state index contributed by atoms with van der Waals surface area (Å²) in [6.45, 7) is 3.52. The van der Waals surface area contributed by atoms with E-state index < -0.39 is 10.0 Å². The van der Waals surface area contributed by atoms with E-state index in [-0.39, 0.29) is 4.90 Å². The Labute approximate surface area is 181 Å². The van der Waals surface area contributed by atoms with Gasteiger partial charge in [-0.25, -0.2) is 23.5 Å². The van der Waals surface area contributed by atoms with Gasteiger partial charge in [-0.2, -0.15) is 0 Å². The van der Waals surface area contributed by atoms with Gasteiger partial charge < -0.3 is 15.5 Å². The Morgan fingerprint density at radius 2 is 1.70 bits per heavy atom. The molecular weight excluding hydrogens is 424 g/mol. The molecule has 0 saturated carbocycles. The number of aromatic nitrogens is 2. The summed E-state index contributed by atoms with van der Waals surface area (Å²) in [7, 11) is -1.85. The maximum absolute atomic E-state index is 11.8. The maximum Gasteiger partial charge on any atom is 0.238 e. The second-order valence-electron chi connectivity index (χ2n) is 6.74. The van der Waals surface area contributed by atoms with Crippen molar-refractivity contribution in [3.8, 4) is 0 Å². The van der Waals surface area contributed by atoms with Crippen molar-refractivity contribution in [2.75, 3.05) is 24.2 Å². The molecule has 0 unspecified atom stereocenters. The van der Waals surface area contributed by atoms with E-state index in [2.05, 4.69) is 25.5 Å². The van der Waals surface area contributed by atoms with Crippen molar-refractivity contribution in [2.24, 2.45) is 5.14 Å². The van der Waals surface area contributed by atoms with Crippen LogP contribution < -0.4 is 15.8 Å². The average molecular weight is 447 g/mol. The van der Waals surface area contributed by atoms with E-state index in [1.807, 2.05) is 26.1 Å². The number of hydrogen-bond acceptors (Lipinski definition) is 7. The van der Waals surface area contributed by atoms with Gasteiger partial charge in [-0.1, -0.05) is 24.6 Å². The SMILES string of the molecule is CCN(C)Cc1ccc(S(N)(=O)=O)cc1Nc1cc(Nc2ccc(Cl)cc2)ncn1. The molecule has 1 aromatic heterocycles. The predicted octanol–water partition coefficient (Wildman–Crippen LogP) is 3.72. The quantitative estimate of drug-likeness (QED) is 0.483. The predicted molar refractivity (Wildman–Crippen MR) is 120 cm³/mol. The highest BCUT2D eigenvalue weighted by Crippen LogP contribution is 2.26. The van der Waals surface area contributed by atoms with Gasteiger partial charge in [0.2, 0.25) is 10.0 Å². The van der Waals surface area contributed by atoms with Gasteiger partial charge in [0.1, 0.15) is 18.0 Å². The van der Waals surface area contributed by atoms with Gasteiger partial charge in [0.05, 0.1) is 4.90 Å². The normalized spacial score (nSPS) is 11.5. The van der Waals surface area contributed by atoms with Gasteiger partial charge in [0.25, 0.3) is 0 Å². The Kier molecular flexibility index (Phi) is 6.88. The molecule has 0 atom stereocenters. The van der Waals surface area contributed by atoms with Crippen molar-refractivity contribution >= 4 is 44.6 Å². The molecular formula is C20H23ClN6O2S. The molecule has 0 aliphatic carbocycles. The third-order valence-electron chi connectivity index (χ3n) is 4.44. The minimum Gasteiger partial charge on any atom is -0.340 e. The molecule has 0 aliphatic heterocycles. The minimum absolute atomic E-state index is 0.0291. The van der Waals surface area contributed by atoms with Crippen LogP contribution in [0.4, 0.5) is 23.0 Å². The monoisotopic (exact) mass is 446 g/mol. The number of benzene rings is 2. The first kappa shape index (κ1) is 22.0. The first-order valence-electron chi connectivity index (χ1n) is 9.20. The highest BCUT2D eigenvalue weighted by Gasteiger charge is 2.13. The van der Waals surface area contributed by atoms with E-state index in [4.69, 9.17) is 16.7 Å². The summed E-state index contributed by atoms with van der Waals surface area (Å²) < 4.78 is 23.6. The lowest BCUT2D eigenvalue weighted by Crippen LogP contribution is -2.18. The Hall–Kier alpha value is -2.72. The molecule has 0 radical (unpaired) electrons. The second-order valence-corrected chi connectivity index (χ2v) is 8.74. The number of nitrogens with two attached hydrogens (primary N) is 1. The third kappa shape index (κ3) is 5.90. The molecule has 3 rings (SSSR count). The van der Waals surface area contributed by atoms with E-state index in [1.54, 1.807) is 24.3 Å². The Morgan fingerprint density at radius 3 is 2.33 bits per heavy atom. The Morgan fingerprint density at radius 1 is 1.03 bits per heavy atom. The summed E-state index contributed by atoms with van der Waals surface area (Å²) in [4.78, 5) is 10.6. The van der Waals surface area contributed by atoms with Gasteiger partial charge in [-0.15, -0.1) is 0 Å². The number of hydrogen-bond donors (Lipinski definition) is 3. The zero-order valence-electron chi connectivity index (χ0n) is 16.6. The van der Waals surface area contributed by atoms with Crippen molar-refractivity contribution in [1.82, 2.24) is 14.9 Å². The van der Waals surface area contributed by atoms with Crippen LogP contribution in [0.25, 0.3) is 0 Å². The molecule has 10 heteroatoms. The number of halogens is 1. The van der Waals surface area contributed by atoms with Crippen LogP contribution in [-0.4, -0.2) is 36.9 Å². The number of nitrogens with one attached hydrogen (secondary N) is 2. The number of rotatable bonds is 8. The van der Waals surface area contributed by atoms with Crippen LogP contribution >= 0.6 is 11.6 Å². The summed E-state index contributed by atoms with van der Waals surface area (Å²) in [5.74, 6) is 1.08. The Balaban J connectivity index is 1.89. The fourth-order valence-electron chi connectivity index (χ4n) is 2.70. The van der Waals surface area contributed by atoms with Crippen molar-refractivity contribution in [1.29, 1.82) is 0 Å². The van der Waals surface area contributed by atoms with Crippen LogP contribution in [0.15, 0.2) is 59.8 Å².